The van der Waals surface area contributed by atoms with Crippen LogP contribution in [0.25, 0.3) is 0 Å². The molecule has 14 heavy (non-hydrogen) atoms. The number of hydrogen-bond donors (Lipinski definition) is 1. The van der Waals surface area contributed by atoms with E-state index in [1.807, 2.05) is 0 Å². The molecule has 0 aliphatic carbocycles. The average molecular weight is 201 g/mol. The van der Waals surface area contributed by atoms with Gasteiger partial charge in [0.25, 0.3) is 0 Å². The molecule has 76 valence electrons. The smallest absolute Gasteiger partial charge is 0.250 e. The van der Waals surface area contributed by atoms with Crippen molar-refractivity contribution in [2.45, 2.75) is 0 Å². The van der Waals surface area contributed by atoms with Gasteiger partial charge in [-0.3, -0.25) is 4.79 Å². The minimum atomic E-state index is -1.07. The third-order valence-electron chi connectivity index (χ3n) is 1.50. The van der Waals surface area contributed by atoms with Crippen molar-refractivity contribution in [3.63, 3.8) is 0 Å². The fraction of sp³-hybridized carbons (Fsp3) is 0.222. The van der Waals surface area contributed by atoms with Crippen molar-refractivity contribution in [2.24, 2.45) is 0 Å². The zero-order valence-corrected chi connectivity index (χ0v) is 7.51. The van der Waals surface area contributed by atoms with Crippen LogP contribution in [0.2, 0.25) is 0 Å². The van der Waals surface area contributed by atoms with Crippen molar-refractivity contribution in [2.75, 3.05) is 19.0 Å². The van der Waals surface area contributed by atoms with Gasteiger partial charge < -0.3 is 10.1 Å². The molecule has 0 radical (unpaired) electrons. The number of benzene rings is 1. The van der Waals surface area contributed by atoms with Gasteiger partial charge in [0.1, 0.15) is 6.61 Å². The van der Waals surface area contributed by atoms with E-state index in [-0.39, 0.29) is 12.3 Å². The number of amides is 1. The number of halogens is 2. The molecule has 0 heterocycles. The van der Waals surface area contributed by atoms with Gasteiger partial charge in [0, 0.05) is 7.11 Å². The number of carbonyl (C=O) groups excluding carboxylic acids is 1. The van der Waals surface area contributed by atoms with Crippen molar-refractivity contribution in [3.05, 3.63) is 29.8 Å². The number of nitrogens with one attached hydrogen (secondary N) is 1. The van der Waals surface area contributed by atoms with E-state index < -0.39 is 17.5 Å². The van der Waals surface area contributed by atoms with E-state index in [4.69, 9.17) is 0 Å². The largest absolute Gasteiger partial charge is 0.375 e. The molecule has 0 aliphatic heterocycles. The molecular formula is C9H9F2NO2. The highest BCUT2D eigenvalue weighted by Crippen LogP contribution is 2.16. The summed E-state index contributed by atoms with van der Waals surface area (Å²) in [4.78, 5) is 11.0. The monoisotopic (exact) mass is 201 g/mol. The van der Waals surface area contributed by atoms with Gasteiger partial charge in [-0.1, -0.05) is 6.07 Å². The second-order valence-electron chi connectivity index (χ2n) is 2.58. The first-order valence-corrected chi connectivity index (χ1v) is 3.88. The molecule has 1 amide bonds. The summed E-state index contributed by atoms with van der Waals surface area (Å²) in [7, 11) is 1.33. The highest BCUT2D eigenvalue weighted by Gasteiger charge is 2.09. The Bertz CT molecular complexity index is 342. The Morgan fingerprint density at radius 3 is 2.86 bits per heavy atom. The highest BCUT2D eigenvalue weighted by atomic mass is 19.2. The Hall–Kier alpha value is -1.49. The normalized spacial score (nSPS) is 9.93. The molecule has 0 spiro atoms. The van der Waals surface area contributed by atoms with Crippen LogP contribution in [-0.4, -0.2) is 19.6 Å². The number of methoxy groups -OCH3 is 1. The molecule has 3 nitrogen and oxygen atoms in total. The molecule has 0 fully saturated rings. The molecule has 0 aromatic heterocycles. The lowest BCUT2D eigenvalue weighted by atomic mass is 10.3. The highest BCUT2D eigenvalue weighted by molar-refractivity contribution is 5.91. The first-order chi connectivity index (χ1) is 6.65. The number of carbonyl (C=O) groups is 1. The van der Waals surface area contributed by atoms with E-state index in [1.54, 1.807) is 0 Å². The van der Waals surface area contributed by atoms with Crippen LogP contribution in [0.5, 0.6) is 0 Å². The molecule has 0 saturated heterocycles. The van der Waals surface area contributed by atoms with Gasteiger partial charge in [0.05, 0.1) is 5.69 Å². The van der Waals surface area contributed by atoms with E-state index >= 15 is 0 Å². The summed E-state index contributed by atoms with van der Waals surface area (Å²) in [5.74, 6) is -2.60. The van der Waals surface area contributed by atoms with E-state index in [1.165, 1.54) is 19.2 Å². The van der Waals surface area contributed by atoms with Gasteiger partial charge >= 0.3 is 0 Å². The molecule has 0 atom stereocenters. The van der Waals surface area contributed by atoms with Gasteiger partial charge in [0.2, 0.25) is 5.91 Å². The lowest BCUT2D eigenvalue weighted by Gasteiger charge is -2.05. The van der Waals surface area contributed by atoms with Gasteiger partial charge in [-0.2, -0.15) is 0 Å². The van der Waals surface area contributed by atoms with Gasteiger partial charge in [-0.25, -0.2) is 8.78 Å². The Labute approximate surface area is 79.7 Å². The Morgan fingerprint density at radius 1 is 1.50 bits per heavy atom. The fourth-order valence-corrected chi connectivity index (χ4v) is 0.918. The lowest BCUT2D eigenvalue weighted by molar-refractivity contribution is -0.119. The van der Waals surface area contributed by atoms with Crippen molar-refractivity contribution >= 4 is 11.6 Å². The first kappa shape index (κ1) is 10.6. The van der Waals surface area contributed by atoms with Gasteiger partial charge in [0.15, 0.2) is 11.6 Å². The van der Waals surface area contributed by atoms with Crippen LogP contribution in [0, 0.1) is 11.6 Å². The third-order valence-corrected chi connectivity index (χ3v) is 1.50. The predicted octanol–water partition coefficient (Wildman–Crippen LogP) is 1.55. The summed E-state index contributed by atoms with van der Waals surface area (Å²) >= 11 is 0. The first-order valence-electron chi connectivity index (χ1n) is 3.88. The van der Waals surface area contributed by atoms with E-state index in [2.05, 4.69) is 10.1 Å². The molecule has 0 unspecified atom stereocenters. The van der Waals surface area contributed by atoms with Crippen LogP contribution in [0.4, 0.5) is 14.5 Å². The van der Waals surface area contributed by atoms with Crippen LogP contribution in [0.15, 0.2) is 18.2 Å². The topological polar surface area (TPSA) is 38.3 Å². The van der Waals surface area contributed by atoms with Crippen molar-refractivity contribution < 1.29 is 18.3 Å². The van der Waals surface area contributed by atoms with Crippen LogP contribution in [0.3, 0.4) is 0 Å². The summed E-state index contributed by atoms with van der Waals surface area (Å²) < 4.78 is 30.1. The molecule has 1 N–H and O–H groups in total. The second-order valence-corrected chi connectivity index (χ2v) is 2.58. The number of rotatable bonds is 3. The van der Waals surface area contributed by atoms with Crippen molar-refractivity contribution in [1.82, 2.24) is 0 Å². The SMILES string of the molecule is COCC(=O)Nc1cccc(F)c1F. The van der Waals surface area contributed by atoms with Gasteiger partial charge in [-0.05, 0) is 12.1 Å². The number of anilines is 1. The third kappa shape index (κ3) is 2.50. The summed E-state index contributed by atoms with van der Waals surface area (Å²) in [5, 5.41) is 2.17. The Kier molecular flexibility index (Phi) is 3.53. The Morgan fingerprint density at radius 2 is 2.21 bits per heavy atom. The predicted molar refractivity (Wildman–Crippen MR) is 46.9 cm³/mol. The molecular weight excluding hydrogens is 192 g/mol. The van der Waals surface area contributed by atoms with Crippen LogP contribution >= 0.6 is 0 Å². The van der Waals surface area contributed by atoms with Crippen LogP contribution in [0.1, 0.15) is 0 Å². The summed E-state index contributed by atoms with van der Waals surface area (Å²) in [5.41, 5.74) is -0.188. The lowest BCUT2D eigenvalue weighted by Crippen LogP contribution is -2.18. The quantitative estimate of drug-likeness (QED) is 0.805. The maximum absolute atomic E-state index is 13.0. The average Bonchev–Trinajstić information content (AvgIpc) is 2.13. The van der Waals surface area contributed by atoms with Gasteiger partial charge in [-0.15, -0.1) is 0 Å². The molecule has 0 aliphatic rings. The van der Waals surface area contributed by atoms with E-state index in [9.17, 15) is 13.6 Å². The molecule has 5 heteroatoms. The van der Waals surface area contributed by atoms with E-state index in [0.29, 0.717) is 0 Å². The molecule has 1 rings (SSSR count). The minimum absolute atomic E-state index is 0.188. The van der Waals surface area contributed by atoms with Crippen LogP contribution < -0.4 is 5.32 Å². The maximum Gasteiger partial charge on any atom is 0.250 e. The number of ether oxygens (including phenoxy) is 1. The minimum Gasteiger partial charge on any atom is -0.375 e. The van der Waals surface area contributed by atoms with Crippen molar-refractivity contribution in [3.8, 4) is 0 Å². The standard InChI is InChI=1S/C9H9F2NO2/c1-14-5-8(13)12-7-4-2-3-6(10)9(7)11/h2-4H,5H2,1H3,(H,12,13). The second kappa shape index (κ2) is 4.66. The summed E-state index contributed by atoms with van der Waals surface area (Å²) in [6, 6.07) is 3.55. The fourth-order valence-electron chi connectivity index (χ4n) is 0.918. The molecule has 1 aromatic carbocycles. The zero-order valence-electron chi connectivity index (χ0n) is 7.51. The molecule has 0 bridgehead atoms. The van der Waals surface area contributed by atoms with Crippen molar-refractivity contribution in [1.29, 1.82) is 0 Å². The molecule has 1 aromatic rings. The van der Waals surface area contributed by atoms with Crippen LogP contribution in [-0.2, 0) is 9.53 Å². The number of hydrogen-bond acceptors (Lipinski definition) is 2. The zero-order chi connectivity index (χ0) is 10.6. The summed E-state index contributed by atoms with van der Waals surface area (Å²) in [6.45, 7) is -0.198. The van der Waals surface area contributed by atoms with E-state index in [0.717, 1.165) is 6.07 Å². The summed E-state index contributed by atoms with van der Waals surface area (Å²) in [6.07, 6.45) is 0. The maximum atomic E-state index is 13.0. The molecule has 0 saturated carbocycles. The Balaban J connectivity index is 2.76.